The minimum absolute atomic E-state index is 0.0888. The zero-order chi connectivity index (χ0) is 21.0. The van der Waals surface area contributed by atoms with Gasteiger partial charge in [0.1, 0.15) is 22.9 Å². The lowest BCUT2D eigenvalue weighted by molar-refractivity contribution is -0.128. The third kappa shape index (κ3) is 5.87. The van der Waals surface area contributed by atoms with E-state index in [9.17, 15) is 19.6 Å². The van der Waals surface area contributed by atoms with Crippen molar-refractivity contribution in [2.45, 2.75) is 50.6 Å². The number of nitrogens with one attached hydrogen (secondary N) is 4. The Morgan fingerprint density at radius 2 is 2.00 bits per heavy atom. The standard InChI is InChI=1S/C19H23Cl2N5O3/c20-13-8-15(25-16(13)21)19(29)26-14(6-10-3-4-10)18(28)24-12(9-22)7-11-2-1-5-23-17(11)27/h8,10-12,14,25H,1-7H2,(H,23,27)(H,24,28)(H,26,29). The van der Waals surface area contributed by atoms with Gasteiger partial charge in [-0.1, -0.05) is 36.0 Å². The second-order valence-electron chi connectivity index (χ2n) is 7.61. The summed E-state index contributed by atoms with van der Waals surface area (Å²) in [6.07, 6.45) is 4.29. The van der Waals surface area contributed by atoms with Crippen LogP contribution in [0.5, 0.6) is 0 Å². The molecular weight excluding hydrogens is 417 g/mol. The Kier molecular flexibility index (Phi) is 7.04. The van der Waals surface area contributed by atoms with Crippen LogP contribution in [0.2, 0.25) is 10.2 Å². The first-order chi connectivity index (χ1) is 13.9. The molecule has 1 saturated heterocycles. The van der Waals surface area contributed by atoms with Crippen molar-refractivity contribution >= 4 is 40.9 Å². The van der Waals surface area contributed by atoms with E-state index in [1.54, 1.807) is 0 Å². The fraction of sp³-hybridized carbons (Fsp3) is 0.579. The van der Waals surface area contributed by atoms with Crippen LogP contribution in [-0.4, -0.2) is 41.3 Å². The molecule has 1 aliphatic carbocycles. The molecule has 3 amide bonds. The second-order valence-corrected chi connectivity index (χ2v) is 8.39. The number of amides is 3. The van der Waals surface area contributed by atoms with Crippen molar-refractivity contribution in [3.8, 4) is 6.07 Å². The number of carbonyl (C=O) groups excluding carboxylic acids is 3. The first kappa shape index (κ1) is 21.5. The Labute approximate surface area is 178 Å². The van der Waals surface area contributed by atoms with E-state index in [-0.39, 0.29) is 34.1 Å². The summed E-state index contributed by atoms with van der Waals surface area (Å²) < 4.78 is 0. The van der Waals surface area contributed by atoms with E-state index in [0.717, 1.165) is 19.3 Å². The molecule has 3 rings (SSSR count). The Hall–Kier alpha value is -2.24. The maximum atomic E-state index is 12.8. The largest absolute Gasteiger partial charge is 0.356 e. The quantitative estimate of drug-likeness (QED) is 0.494. The van der Waals surface area contributed by atoms with Gasteiger partial charge in [0.05, 0.1) is 11.1 Å². The summed E-state index contributed by atoms with van der Waals surface area (Å²) in [4.78, 5) is 39.9. The van der Waals surface area contributed by atoms with Crippen molar-refractivity contribution in [2.24, 2.45) is 11.8 Å². The third-order valence-electron chi connectivity index (χ3n) is 5.25. The van der Waals surface area contributed by atoms with Gasteiger partial charge >= 0.3 is 0 Å². The van der Waals surface area contributed by atoms with Gasteiger partial charge < -0.3 is 20.9 Å². The lowest BCUT2D eigenvalue weighted by Crippen LogP contribution is -2.50. The molecular formula is C19H23Cl2N5O3. The van der Waals surface area contributed by atoms with E-state index in [1.165, 1.54) is 6.07 Å². The van der Waals surface area contributed by atoms with E-state index in [1.807, 2.05) is 0 Å². The van der Waals surface area contributed by atoms with Gasteiger partial charge in [0.25, 0.3) is 5.91 Å². The maximum Gasteiger partial charge on any atom is 0.268 e. The molecule has 8 nitrogen and oxygen atoms in total. The van der Waals surface area contributed by atoms with E-state index in [0.29, 0.717) is 25.3 Å². The Morgan fingerprint density at radius 1 is 1.24 bits per heavy atom. The van der Waals surface area contributed by atoms with Crippen LogP contribution in [0.3, 0.4) is 0 Å². The number of nitriles is 1. The number of piperidine rings is 1. The van der Waals surface area contributed by atoms with Crippen LogP contribution in [0.15, 0.2) is 6.07 Å². The summed E-state index contributed by atoms with van der Waals surface area (Å²) in [5.74, 6) is -0.953. The normalized spacial score (nSPS) is 20.9. The predicted octanol–water partition coefficient (Wildman–Crippen LogP) is 2.14. The van der Waals surface area contributed by atoms with E-state index in [4.69, 9.17) is 23.2 Å². The van der Waals surface area contributed by atoms with Gasteiger partial charge in [-0.05, 0) is 37.7 Å². The molecule has 0 aromatic carbocycles. The summed E-state index contributed by atoms with van der Waals surface area (Å²) in [6, 6.07) is 1.86. The molecule has 156 valence electrons. The summed E-state index contributed by atoms with van der Waals surface area (Å²) in [7, 11) is 0. The average molecular weight is 440 g/mol. The number of aromatic amines is 1. The molecule has 0 radical (unpaired) electrons. The Balaban J connectivity index is 1.62. The minimum Gasteiger partial charge on any atom is -0.356 e. The highest BCUT2D eigenvalue weighted by atomic mass is 35.5. The molecule has 2 fully saturated rings. The lowest BCUT2D eigenvalue weighted by atomic mass is 9.92. The predicted molar refractivity (Wildman–Crippen MR) is 107 cm³/mol. The highest BCUT2D eigenvalue weighted by molar-refractivity contribution is 6.41. The van der Waals surface area contributed by atoms with E-state index >= 15 is 0 Å². The van der Waals surface area contributed by atoms with Crippen molar-refractivity contribution in [3.63, 3.8) is 0 Å². The lowest BCUT2D eigenvalue weighted by Gasteiger charge is -2.25. The van der Waals surface area contributed by atoms with Crippen LogP contribution in [0, 0.1) is 23.2 Å². The molecule has 0 bridgehead atoms. The highest BCUT2D eigenvalue weighted by Crippen LogP contribution is 2.33. The number of rotatable bonds is 8. The highest BCUT2D eigenvalue weighted by Gasteiger charge is 2.33. The Morgan fingerprint density at radius 3 is 2.59 bits per heavy atom. The number of carbonyl (C=O) groups is 3. The second kappa shape index (κ2) is 9.51. The fourth-order valence-corrected chi connectivity index (χ4v) is 3.75. The maximum absolute atomic E-state index is 12.8. The molecule has 0 spiro atoms. The number of aromatic nitrogens is 1. The number of hydrogen-bond acceptors (Lipinski definition) is 4. The average Bonchev–Trinajstić information content (AvgIpc) is 3.45. The van der Waals surface area contributed by atoms with Gasteiger partial charge in [0, 0.05) is 12.5 Å². The molecule has 2 aliphatic rings. The van der Waals surface area contributed by atoms with Crippen molar-refractivity contribution in [1.82, 2.24) is 20.9 Å². The molecule has 1 aromatic heterocycles. The van der Waals surface area contributed by atoms with Crippen molar-refractivity contribution < 1.29 is 14.4 Å². The zero-order valence-electron chi connectivity index (χ0n) is 15.8. The van der Waals surface area contributed by atoms with Gasteiger partial charge in [-0.25, -0.2) is 0 Å². The van der Waals surface area contributed by atoms with Crippen molar-refractivity contribution in [3.05, 3.63) is 21.9 Å². The first-order valence-corrected chi connectivity index (χ1v) is 10.5. The zero-order valence-corrected chi connectivity index (χ0v) is 17.3. The van der Waals surface area contributed by atoms with E-state index < -0.39 is 23.9 Å². The Bertz CT molecular complexity index is 811. The minimum atomic E-state index is -0.802. The molecule has 1 saturated carbocycles. The molecule has 3 atom stereocenters. The van der Waals surface area contributed by atoms with Crippen molar-refractivity contribution in [1.29, 1.82) is 5.26 Å². The summed E-state index contributed by atoms with van der Waals surface area (Å²) >= 11 is 11.7. The molecule has 3 unspecified atom stereocenters. The molecule has 1 aliphatic heterocycles. The number of halogens is 2. The molecule has 1 aromatic rings. The van der Waals surface area contributed by atoms with E-state index in [2.05, 4.69) is 27.0 Å². The summed E-state index contributed by atoms with van der Waals surface area (Å²) in [5, 5.41) is 18.0. The van der Waals surface area contributed by atoms with Crippen LogP contribution < -0.4 is 16.0 Å². The third-order valence-corrected chi connectivity index (χ3v) is 5.94. The fourth-order valence-electron chi connectivity index (χ4n) is 3.44. The van der Waals surface area contributed by atoms with Gasteiger partial charge in [-0.2, -0.15) is 5.26 Å². The monoisotopic (exact) mass is 439 g/mol. The molecule has 29 heavy (non-hydrogen) atoms. The first-order valence-electron chi connectivity index (χ1n) is 9.70. The smallest absolute Gasteiger partial charge is 0.268 e. The van der Waals surface area contributed by atoms with Crippen LogP contribution >= 0.6 is 23.2 Å². The topological polar surface area (TPSA) is 127 Å². The van der Waals surface area contributed by atoms with Gasteiger partial charge in [0.15, 0.2) is 0 Å². The number of hydrogen-bond donors (Lipinski definition) is 4. The summed E-state index contributed by atoms with van der Waals surface area (Å²) in [5.41, 5.74) is 0.157. The van der Waals surface area contributed by atoms with Crippen LogP contribution in [-0.2, 0) is 9.59 Å². The SMILES string of the molecule is N#CC(CC1CCCNC1=O)NC(=O)C(CC1CC1)NC(=O)c1cc(Cl)c(Cl)[nH]1. The summed E-state index contributed by atoms with van der Waals surface area (Å²) in [6.45, 7) is 0.640. The van der Waals surface area contributed by atoms with Crippen molar-refractivity contribution in [2.75, 3.05) is 6.54 Å². The van der Waals surface area contributed by atoms with Crippen LogP contribution in [0.4, 0.5) is 0 Å². The van der Waals surface area contributed by atoms with Crippen LogP contribution in [0.25, 0.3) is 0 Å². The molecule has 2 heterocycles. The number of H-pyrrole nitrogens is 1. The number of nitrogens with zero attached hydrogens (tertiary/aromatic N) is 1. The van der Waals surface area contributed by atoms with Gasteiger partial charge in [0.2, 0.25) is 11.8 Å². The van der Waals surface area contributed by atoms with Gasteiger partial charge in [-0.15, -0.1) is 0 Å². The van der Waals surface area contributed by atoms with Gasteiger partial charge in [-0.3, -0.25) is 14.4 Å². The molecule has 10 heteroatoms. The van der Waals surface area contributed by atoms with Crippen LogP contribution in [0.1, 0.15) is 49.0 Å². The molecule has 4 N–H and O–H groups in total.